The highest BCUT2D eigenvalue weighted by molar-refractivity contribution is 7.80. The highest BCUT2D eigenvalue weighted by Gasteiger charge is 2.12. The monoisotopic (exact) mass is 527 g/mol. The molecule has 0 radical (unpaired) electrons. The summed E-state index contributed by atoms with van der Waals surface area (Å²) in [6.45, 7) is 4.11. The zero-order valence-electron chi connectivity index (χ0n) is 19.1. The molecule has 1 amide bonds. The standard InChI is InChI=1S/C26H23Cl2N3O3S/c1-3-15(2)17-6-10-23-21(12-17)30-25(34-23)16-4-8-19(9-5-16)29-26(35)31-24(32)14-33-22-11-7-18(27)13-20(22)28/h4-13,15H,3,14H2,1-2H3,(H2,29,31,32,35)/t15-/m1/s1. The van der Waals surface area contributed by atoms with Crippen molar-refractivity contribution in [1.82, 2.24) is 10.3 Å². The lowest BCUT2D eigenvalue weighted by atomic mass is 9.98. The first-order valence-corrected chi connectivity index (χ1v) is 12.2. The van der Waals surface area contributed by atoms with Gasteiger partial charge in [0.15, 0.2) is 17.3 Å². The molecule has 0 unspecified atom stereocenters. The van der Waals surface area contributed by atoms with Crippen LogP contribution in [0.4, 0.5) is 5.69 Å². The smallest absolute Gasteiger partial charge is 0.264 e. The molecule has 3 aromatic carbocycles. The number of hydrogen-bond donors (Lipinski definition) is 2. The van der Waals surface area contributed by atoms with Crippen molar-refractivity contribution in [2.45, 2.75) is 26.2 Å². The quantitative estimate of drug-likeness (QED) is 0.247. The first-order chi connectivity index (χ1) is 16.8. The number of thiocarbonyl (C=S) groups is 1. The van der Waals surface area contributed by atoms with Crippen LogP contribution in [0.1, 0.15) is 31.7 Å². The van der Waals surface area contributed by atoms with E-state index in [1.165, 1.54) is 11.6 Å². The molecule has 0 aliphatic carbocycles. The van der Waals surface area contributed by atoms with Crippen LogP contribution in [-0.2, 0) is 4.79 Å². The summed E-state index contributed by atoms with van der Waals surface area (Å²) in [5.74, 6) is 0.946. The average Bonchev–Trinajstić information content (AvgIpc) is 3.27. The van der Waals surface area contributed by atoms with Gasteiger partial charge in [0.05, 0.1) is 5.02 Å². The maximum Gasteiger partial charge on any atom is 0.264 e. The number of ether oxygens (including phenoxy) is 1. The van der Waals surface area contributed by atoms with Gasteiger partial charge in [-0.1, -0.05) is 43.1 Å². The molecule has 0 aliphatic heterocycles. The molecule has 9 heteroatoms. The number of carbonyl (C=O) groups is 1. The molecular weight excluding hydrogens is 505 g/mol. The third-order valence-electron chi connectivity index (χ3n) is 5.49. The Hall–Kier alpha value is -3.13. The first-order valence-electron chi connectivity index (χ1n) is 11.0. The summed E-state index contributed by atoms with van der Waals surface area (Å²) in [4.78, 5) is 16.8. The van der Waals surface area contributed by atoms with E-state index in [-0.39, 0.29) is 11.7 Å². The molecule has 0 fully saturated rings. The summed E-state index contributed by atoms with van der Waals surface area (Å²) in [6, 6.07) is 18.3. The Balaban J connectivity index is 1.33. The second-order valence-corrected chi connectivity index (χ2v) is 9.25. The van der Waals surface area contributed by atoms with Gasteiger partial charge in [0.2, 0.25) is 5.89 Å². The van der Waals surface area contributed by atoms with Crippen molar-refractivity contribution in [3.05, 3.63) is 76.3 Å². The second kappa shape index (κ2) is 11.1. The van der Waals surface area contributed by atoms with Gasteiger partial charge in [-0.05, 0) is 84.7 Å². The Morgan fingerprint density at radius 3 is 2.60 bits per heavy atom. The molecule has 1 atom stereocenters. The van der Waals surface area contributed by atoms with E-state index in [2.05, 4.69) is 41.6 Å². The van der Waals surface area contributed by atoms with Crippen molar-refractivity contribution in [2.75, 3.05) is 11.9 Å². The number of nitrogens with one attached hydrogen (secondary N) is 2. The van der Waals surface area contributed by atoms with Crippen LogP contribution >= 0.6 is 35.4 Å². The van der Waals surface area contributed by atoms with Crippen LogP contribution in [0.25, 0.3) is 22.6 Å². The zero-order valence-corrected chi connectivity index (χ0v) is 21.4. The lowest BCUT2D eigenvalue weighted by Gasteiger charge is -2.11. The predicted molar refractivity (Wildman–Crippen MR) is 144 cm³/mol. The van der Waals surface area contributed by atoms with Crippen molar-refractivity contribution in [3.63, 3.8) is 0 Å². The number of nitrogens with zero attached hydrogens (tertiary/aromatic N) is 1. The number of rotatable bonds is 7. The Kier molecular flexibility index (Phi) is 7.90. The summed E-state index contributed by atoms with van der Waals surface area (Å²) < 4.78 is 11.3. The van der Waals surface area contributed by atoms with Crippen LogP contribution in [0.2, 0.25) is 10.0 Å². The van der Waals surface area contributed by atoms with Crippen LogP contribution in [-0.4, -0.2) is 22.6 Å². The largest absolute Gasteiger partial charge is 0.482 e. The summed E-state index contributed by atoms with van der Waals surface area (Å²) in [7, 11) is 0. The fourth-order valence-electron chi connectivity index (χ4n) is 3.37. The van der Waals surface area contributed by atoms with E-state index in [4.69, 9.17) is 44.6 Å². The van der Waals surface area contributed by atoms with Crippen LogP contribution in [0.5, 0.6) is 5.75 Å². The van der Waals surface area contributed by atoms with E-state index in [1.54, 1.807) is 12.1 Å². The van der Waals surface area contributed by atoms with Crippen LogP contribution in [0.15, 0.2) is 65.1 Å². The van der Waals surface area contributed by atoms with Gasteiger partial charge < -0.3 is 14.5 Å². The first kappa shape index (κ1) is 25.0. The maximum atomic E-state index is 12.2. The van der Waals surface area contributed by atoms with Crippen molar-refractivity contribution in [3.8, 4) is 17.2 Å². The van der Waals surface area contributed by atoms with E-state index < -0.39 is 5.91 Å². The van der Waals surface area contributed by atoms with E-state index in [0.717, 1.165) is 23.1 Å². The molecule has 1 aromatic heterocycles. The zero-order chi connectivity index (χ0) is 24.9. The molecule has 0 spiro atoms. The van der Waals surface area contributed by atoms with Gasteiger partial charge in [-0.15, -0.1) is 0 Å². The molecule has 0 bridgehead atoms. The maximum absolute atomic E-state index is 12.2. The van der Waals surface area contributed by atoms with Gasteiger partial charge in [-0.25, -0.2) is 4.98 Å². The predicted octanol–water partition coefficient (Wildman–Crippen LogP) is 7.21. The van der Waals surface area contributed by atoms with E-state index in [9.17, 15) is 4.79 Å². The summed E-state index contributed by atoms with van der Waals surface area (Å²) in [6.07, 6.45) is 1.07. The minimum absolute atomic E-state index is 0.146. The number of amides is 1. The van der Waals surface area contributed by atoms with Crippen LogP contribution in [0, 0.1) is 0 Å². The van der Waals surface area contributed by atoms with Gasteiger partial charge in [-0.2, -0.15) is 0 Å². The van der Waals surface area contributed by atoms with Gasteiger partial charge in [0, 0.05) is 16.3 Å². The molecular formula is C26H23Cl2N3O3S. The van der Waals surface area contributed by atoms with E-state index in [0.29, 0.717) is 33.3 Å². The Morgan fingerprint density at radius 2 is 1.89 bits per heavy atom. The number of hydrogen-bond acceptors (Lipinski definition) is 5. The van der Waals surface area contributed by atoms with Crippen molar-refractivity contribution in [2.24, 2.45) is 0 Å². The number of halogens is 2. The molecule has 35 heavy (non-hydrogen) atoms. The normalized spacial score (nSPS) is 11.8. The van der Waals surface area contributed by atoms with Crippen LogP contribution < -0.4 is 15.4 Å². The highest BCUT2D eigenvalue weighted by Crippen LogP contribution is 2.29. The summed E-state index contributed by atoms with van der Waals surface area (Å²) >= 11 is 17.1. The Labute approximate surface area is 218 Å². The minimum Gasteiger partial charge on any atom is -0.482 e. The van der Waals surface area contributed by atoms with Crippen molar-refractivity contribution >= 4 is 63.2 Å². The molecule has 1 heterocycles. The van der Waals surface area contributed by atoms with Crippen molar-refractivity contribution < 1.29 is 13.9 Å². The molecule has 180 valence electrons. The average molecular weight is 528 g/mol. The highest BCUT2D eigenvalue weighted by atomic mass is 35.5. The number of aromatic nitrogens is 1. The SMILES string of the molecule is CC[C@@H](C)c1ccc2oc(-c3ccc(NC(=S)NC(=O)COc4ccc(Cl)cc4Cl)cc3)nc2c1. The number of fused-ring (bicyclic) bond motifs is 1. The number of benzene rings is 3. The van der Waals surface area contributed by atoms with Crippen molar-refractivity contribution in [1.29, 1.82) is 0 Å². The van der Waals surface area contributed by atoms with Gasteiger partial charge in [-0.3, -0.25) is 10.1 Å². The molecule has 0 saturated carbocycles. The van der Waals surface area contributed by atoms with Gasteiger partial charge in [0.25, 0.3) is 5.91 Å². The molecule has 0 saturated heterocycles. The molecule has 0 aliphatic rings. The van der Waals surface area contributed by atoms with Crippen LogP contribution in [0.3, 0.4) is 0 Å². The van der Waals surface area contributed by atoms with Gasteiger partial charge in [0.1, 0.15) is 11.3 Å². The molecule has 4 aromatic rings. The lowest BCUT2D eigenvalue weighted by molar-refractivity contribution is -0.121. The number of oxazole rings is 1. The van der Waals surface area contributed by atoms with E-state index >= 15 is 0 Å². The van der Waals surface area contributed by atoms with E-state index in [1.807, 2.05) is 30.3 Å². The fraction of sp³-hybridized carbons (Fsp3) is 0.192. The summed E-state index contributed by atoms with van der Waals surface area (Å²) in [5, 5.41) is 6.49. The molecule has 6 nitrogen and oxygen atoms in total. The van der Waals surface area contributed by atoms with Gasteiger partial charge >= 0.3 is 0 Å². The Morgan fingerprint density at radius 1 is 1.11 bits per heavy atom. The lowest BCUT2D eigenvalue weighted by Crippen LogP contribution is -2.37. The Bertz CT molecular complexity index is 1370. The summed E-state index contributed by atoms with van der Waals surface area (Å²) in [5.41, 5.74) is 4.37. The third-order valence-corrected chi connectivity index (χ3v) is 6.22. The second-order valence-electron chi connectivity index (χ2n) is 8.00. The third kappa shape index (κ3) is 6.31. The minimum atomic E-state index is -0.423. The number of anilines is 1. The fourth-order valence-corrected chi connectivity index (χ4v) is 4.06. The molecule has 2 N–H and O–H groups in total. The topological polar surface area (TPSA) is 76.4 Å². The molecule has 4 rings (SSSR count). The number of carbonyl (C=O) groups excluding carboxylic acids is 1.